The third-order valence-corrected chi connectivity index (χ3v) is 6.82. The predicted octanol–water partition coefficient (Wildman–Crippen LogP) is 0.601. The van der Waals surface area contributed by atoms with Crippen LogP contribution in [0.5, 0.6) is 17.2 Å². The summed E-state index contributed by atoms with van der Waals surface area (Å²) in [7, 11) is 24.7. The molecule has 9 nitrogen and oxygen atoms in total. The van der Waals surface area contributed by atoms with Gasteiger partial charge in [-0.1, -0.05) is 0 Å². The Kier molecular flexibility index (Phi) is 6.65. The summed E-state index contributed by atoms with van der Waals surface area (Å²) in [4.78, 5) is 19.0. The number of hydrogen-bond donors (Lipinski definition) is 0. The van der Waals surface area contributed by atoms with Gasteiger partial charge in [0.25, 0.3) is 5.56 Å². The van der Waals surface area contributed by atoms with Crippen LogP contribution in [-0.4, -0.2) is 89.3 Å². The van der Waals surface area contributed by atoms with E-state index < -0.39 is 23.1 Å². The SMILES string of the molecule is [B]C1([B])Oc2ccc(O[C@H]3CCN(c4nn5c(=O)cc(COC)nc5c(C)c4C)C[C@@H]3F)cc2OC1([B])[B]. The van der Waals surface area contributed by atoms with Crippen LogP contribution in [0.1, 0.15) is 23.2 Å². The fourth-order valence-electron chi connectivity index (χ4n) is 4.52. The van der Waals surface area contributed by atoms with Gasteiger partial charge in [-0.3, -0.25) is 4.79 Å². The number of nitrogens with zero attached hydrogens (tertiary/aromatic N) is 4. The van der Waals surface area contributed by atoms with Crippen molar-refractivity contribution in [3.05, 3.63) is 51.4 Å². The van der Waals surface area contributed by atoms with E-state index in [1.54, 1.807) is 6.07 Å². The molecule has 1 fully saturated rings. The smallest absolute Gasteiger partial charge is 0.274 e. The third-order valence-electron chi connectivity index (χ3n) is 6.82. The minimum absolute atomic E-state index is 0.0233. The van der Waals surface area contributed by atoms with E-state index in [1.165, 1.54) is 29.8 Å². The molecule has 0 aliphatic carbocycles. The van der Waals surface area contributed by atoms with Crippen molar-refractivity contribution >= 4 is 42.9 Å². The Bertz CT molecular complexity index is 1450. The minimum atomic E-state index is -1.99. The van der Waals surface area contributed by atoms with Crippen LogP contribution in [0.15, 0.2) is 29.1 Å². The van der Waals surface area contributed by atoms with E-state index in [0.29, 0.717) is 35.9 Å². The quantitative estimate of drug-likeness (QED) is 0.462. The number of benzene rings is 1. The predicted molar refractivity (Wildman–Crippen MR) is 142 cm³/mol. The standard InChI is InChI=1S/C24H23B4FN4O5/c1-12-13(2)22(31-33-20(34)8-14(11-35-3)30-21(12)33)32-7-6-17(16(29)10-32)36-15-4-5-18-19(9-15)38-24(27,28)23(25,26)37-18/h4-5,8-9,16-17H,6-7,10-11H2,1-3H3/t16-,17-/m0/s1. The lowest BCUT2D eigenvalue weighted by Crippen LogP contribution is -2.65. The van der Waals surface area contributed by atoms with E-state index in [4.69, 9.17) is 50.3 Å². The number of alkyl halides is 1. The van der Waals surface area contributed by atoms with Crippen molar-refractivity contribution in [3.63, 3.8) is 0 Å². The Morgan fingerprint density at radius 1 is 1.11 bits per heavy atom. The van der Waals surface area contributed by atoms with Crippen molar-refractivity contribution in [2.45, 2.75) is 50.0 Å². The molecule has 1 aromatic carbocycles. The van der Waals surface area contributed by atoms with Gasteiger partial charge in [0.15, 0.2) is 29.1 Å². The van der Waals surface area contributed by atoms with Crippen molar-refractivity contribution in [3.8, 4) is 17.2 Å². The maximum absolute atomic E-state index is 15.4. The van der Waals surface area contributed by atoms with Crippen LogP contribution >= 0.6 is 0 Å². The number of aryl methyl sites for hydroxylation is 1. The van der Waals surface area contributed by atoms with Gasteiger partial charge in [-0.2, -0.15) is 4.52 Å². The van der Waals surface area contributed by atoms with E-state index in [2.05, 4.69) is 10.1 Å². The van der Waals surface area contributed by atoms with E-state index in [-0.39, 0.29) is 30.2 Å². The molecule has 2 aliphatic heterocycles. The molecule has 1 saturated heterocycles. The molecule has 2 aliphatic rings. The molecular weight excluding hydrogens is 487 g/mol. The number of rotatable bonds is 5. The first-order valence-corrected chi connectivity index (χ1v) is 12.0. The van der Waals surface area contributed by atoms with Crippen molar-refractivity contribution in [2.75, 3.05) is 25.1 Å². The normalized spacial score (nSPS) is 21.8. The summed E-state index contributed by atoms with van der Waals surface area (Å²) in [6.07, 6.45) is -1.72. The van der Waals surface area contributed by atoms with Crippen LogP contribution < -0.4 is 24.7 Å². The molecule has 0 unspecified atom stereocenters. The van der Waals surface area contributed by atoms with Gasteiger partial charge in [0.05, 0.1) is 18.8 Å². The average Bonchev–Trinajstić information content (AvgIpc) is 2.84. The number of hydrogen-bond acceptors (Lipinski definition) is 8. The van der Waals surface area contributed by atoms with Gasteiger partial charge < -0.3 is 23.8 Å². The first kappa shape index (κ1) is 26.5. The number of ether oxygens (including phenoxy) is 4. The Morgan fingerprint density at radius 3 is 2.50 bits per heavy atom. The van der Waals surface area contributed by atoms with Crippen molar-refractivity contribution in [1.29, 1.82) is 0 Å². The highest BCUT2D eigenvalue weighted by Crippen LogP contribution is 2.41. The molecule has 0 bridgehead atoms. The van der Waals surface area contributed by atoms with Gasteiger partial charge in [0, 0.05) is 54.1 Å². The highest BCUT2D eigenvalue weighted by molar-refractivity contribution is 6.53. The third kappa shape index (κ3) is 4.63. The molecule has 2 atom stereocenters. The van der Waals surface area contributed by atoms with Crippen LogP contribution in [-0.2, 0) is 11.3 Å². The van der Waals surface area contributed by atoms with Gasteiger partial charge >= 0.3 is 0 Å². The number of methoxy groups -OCH3 is 1. The number of fused-ring (bicyclic) bond motifs is 2. The van der Waals surface area contributed by atoms with Gasteiger partial charge in [-0.25, -0.2) is 9.37 Å². The van der Waals surface area contributed by atoms with Crippen molar-refractivity contribution in [2.24, 2.45) is 0 Å². The molecule has 188 valence electrons. The van der Waals surface area contributed by atoms with Gasteiger partial charge in [0.1, 0.15) is 43.2 Å². The lowest BCUT2D eigenvalue weighted by atomic mass is 9.41. The number of halogens is 1. The largest absolute Gasteiger partial charge is 0.501 e. The molecule has 5 rings (SSSR count). The first-order valence-electron chi connectivity index (χ1n) is 12.0. The second-order valence-corrected chi connectivity index (χ2v) is 9.63. The van der Waals surface area contributed by atoms with Gasteiger partial charge in [-0.15, -0.1) is 5.10 Å². The van der Waals surface area contributed by atoms with E-state index in [9.17, 15) is 4.79 Å². The van der Waals surface area contributed by atoms with E-state index in [0.717, 1.165) is 11.1 Å². The summed E-state index contributed by atoms with van der Waals surface area (Å²) < 4.78 is 38.6. The maximum Gasteiger partial charge on any atom is 0.274 e. The number of piperidine rings is 1. The fraction of sp³-hybridized carbons (Fsp3) is 0.458. The van der Waals surface area contributed by atoms with Crippen molar-refractivity contribution in [1.82, 2.24) is 14.6 Å². The van der Waals surface area contributed by atoms with Crippen LogP contribution in [0.3, 0.4) is 0 Å². The number of aromatic nitrogens is 3. The number of anilines is 1. The molecule has 3 aromatic rings. The van der Waals surface area contributed by atoms with E-state index >= 15 is 4.39 Å². The zero-order valence-electron chi connectivity index (χ0n) is 21.3. The fourth-order valence-corrected chi connectivity index (χ4v) is 4.52. The molecule has 8 radical (unpaired) electrons. The highest BCUT2D eigenvalue weighted by Gasteiger charge is 2.43. The minimum Gasteiger partial charge on any atom is -0.501 e. The lowest BCUT2D eigenvalue weighted by Gasteiger charge is -2.48. The molecule has 14 heteroatoms. The molecular formula is C24H23B4FN4O5. The highest BCUT2D eigenvalue weighted by atomic mass is 19.1. The monoisotopic (exact) mass is 510 g/mol. The molecule has 0 saturated carbocycles. The van der Waals surface area contributed by atoms with Crippen LogP contribution in [0, 0.1) is 13.8 Å². The summed E-state index contributed by atoms with van der Waals surface area (Å²) in [6.45, 7) is 4.43. The Balaban J connectivity index is 1.34. The zero-order valence-corrected chi connectivity index (χ0v) is 21.3. The molecule has 2 aromatic heterocycles. The van der Waals surface area contributed by atoms with Gasteiger partial charge in [-0.05, 0) is 26.0 Å². The van der Waals surface area contributed by atoms with Crippen LogP contribution in [0.25, 0.3) is 5.65 Å². The zero-order chi connectivity index (χ0) is 27.4. The summed E-state index contributed by atoms with van der Waals surface area (Å²) in [6, 6.07) is 6.00. The topological polar surface area (TPSA) is 87.4 Å². The maximum atomic E-state index is 15.4. The summed E-state index contributed by atoms with van der Waals surface area (Å²) in [5.74, 6) is 1.26. The Hall–Kier alpha value is -3.14. The average molecular weight is 510 g/mol. The van der Waals surface area contributed by atoms with Gasteiger partial charge in [0.2, 0.25) is 0 Å². The molecule has 4 heterocycles. The summed E-state index contributed by atoms with van der Waals surface area (Å²) in [5, 5.41) is 0.589. The van der Waals surface area contributed by atoms with Crippen LogP contribution in [0.2, 0.25) is 0 Å². The molecule has 0 amide bonds. The molecule has 0 N–H and O–H groups in total. The second kappa shape index (κ2) is 9.55. The summed E-state index contributed by atoms with van der Waals surface area (Å²) in [5.41, 5.74) is 2.22. The second-order valence-electron chi connectivity index (χ2n) is 9.63. The molecule has 38 heavy (non-hydrogen) atoms. The first-order chi connectivity index (χ1) is 17.9. The Labute approximate surface area is 224 Å². The van der Waals surface area contributed by atoms with E-state index in [1.807, 2.05) is 18.7 Å². The molecule has 0 spiro atoms. The van der Waals surface area contributed by atoms with Crippen LogP contribution in [0.4, 0.5) is 10.2 Å². The Morgan fingerprint density at radius 2 is 1.82 bits per heavy atom. The summed E-state index contributed by atoms with van der Waals surface area (Å²) >= 11 is 0. The lowest BCUT2D eigenvalue weighted by molar-refractivity contribution is 0.0587. The van der Waals surface area contributed by atoms with Crippen molar-refractivity contribution < 1.29 is 23.3 Å².